The number of hydroxylamine groups is 1. The van der Waals surface area contributed by atoms with Gasteiger partial charge in [-0.05, 0) is 13.3 Å². The van der Waals surface area contributed by atoms with Gasteiger partial charge in [0.2, 0.25) is 0 Å². The molecule has 3 N–H and O–H groups in total. The highest BCUT2D eigenvalue weighted by Gasteiger charge is 2.11. The average Bonchev–Trinajstić information content (AvgIpc) is 2.10. The fourth-order valence-electron chi connectivity index (χ4n) is 0.774. The van der Waals surface area contributed by atoms with E-state index in [0.29, 0.717) is 6.61 Å². The third-order valence-electron chi connectivity index (χ3n) is 1.52. The van der Waals surface area contributed by atoms with Crippen LogP contribution in [-0.4, -0.2) is 18.6 Å². The zero-order valence-corrected chi connectivity index (χ0v) is 7.80. The Hall–Kier alpha value is -0.610. The maximum atomic E-state index is 11.0. The molecule has 0 saturated heterocycles. The smallest absolute Gasteiger partial charge is 0.260 e. The van der Waals surface area contributed by atoms with Crippen molar-refractivity contribution in [3.63, 3.8) is 0 Å². The summed E-state index contributed by atoms with van der Waals surface area (Å²) in [5.74, 6) is -0.231. The van der Waals surface area contributed by atoms with Crippen LogP contribution in [0.2, 0.25) is 0 Å². The van der Waals surface area contributed by atoms with Gasteiger partial charge in [0.05, 0.1) is 12.6 Å². The summed E-state index contributed by atoms with van der Waals surface area (Å²) in [6.07, 6.45) is 2.74. The first kappa shape index (κ1) is 11.4. The minimum Gasteiger partial charge on any atom is -0.320 e. The Balaban J connectivity index is 3.47. The Bertz CT molecular complexity index is 128. The van der Waals surface area contributed by atoms with Crippen molar-refractivity contribution in [3.05, 3.63) is 0 Å². The first-order valence-electron chi connectivity index (χ1n) is 4.39. The lowest BCUT2D eigenvalue weighted by atomic mass is 10.1. The van der Waals surface area contributed by atoms with E-state index in [1.54, 1.807) is 6.92 Å². The van der Waals surface area contributed by atoms with Crippen molar-refractivity contribution in [3.8, 4) is 0 Å². The lowest BCUT2D eigenvalue weighted by molar-refractivity contribution is -0.134. The van der Waals surface area contributed by atoms with Crippen molar-refractivity contribution in [2.24, 2.45) is 5.73 Å². The van der Waals surface area contributed by atoms with Crippen LogP contribution in [-0.2, 0) is 9.63 Å². The standard InChI is InChI=1S/C8H18N2O2/c1-3-5-6-7(9)8(11)10-12-4-2/h7H,3-6,9H2,1-2H3,(H,10,11). The van der Waals surface area contributed by atoms with Crippen molar-refractivity contribution in [2.75, 3.05) is 6.61 Å². The van der Waals surface area contributed by atoms with Crippen molar-refractivity contribution >= 4 is 5.91 Å². The number of hydrogen-bond acceptors (Lipinski definition) is 3. The van der Waals surface area contributed by atoms with Crippen LogP contribution in [0.25, 0.3) is 0 Å². The molecule has 0 radical (unpaired) electrons. The molecule has 0 spiro atoms. The van der Waals surface area contributed by atoms with E-state index < -0.39 is 6.04 Å². The fourth-order valence-corrected chi connectivity index (χ4v) is 0.774. The Morgan fingerprint density at radius 1 is 1.58 bits per heavy atom. The summed E-state index contributed by atoms with van der Waals surface area (Å²) in [5, 5.41) is 0. The number of carbonyl (C=O) groups excluding carboxylic acids is 1. The zero-order valence-electron chi connectivity index (χ0n) is 7.80. The quantitative estimate of drug-likeness (QED) is 0.579. The molecule has 1 unspecified atom stereocenters. The van der Waals surface area contributed by atoms with Crippen LogP contribution in [0, 0.1) is 0 Å². The van der Waals surface area contributed by atoms with Gasteiger partial charge in [-0.3, -0.25) is 9.63 Å². The van der Waals surface area contributed by atoms with E-state index in [9.17, 15) is 4.79 Å². The minimum atomic E-state index is -0.434. The molecule has 0 bridgehead atoms. The minimum absolute atomic E-state index is 0.231. The second-order valence-corrected chi connectivity index (χ2v) is 2.65. The van der Waals surface area contributed by atoms with Gasteiger partial charge < -0.3 is 5.73 Å². The second-order valence-electron chi connectivity index (χ2n) is 2.65. The topological polar surface area (TPSA) is 64.4 Å². The maximum absolute atomic E-state index is 11.0. The first-order chi connectivity index (χ1) is 5.72. The van der Waals surface area contributed by atoms with Crippen LogP contribution in [0.15, 0.2) is 0 Å². The Morgan fingerprint density at radius 3 is 2.75 bits per heavy atom. The number of nitrogens with one attached hydrogen (secondary N) is 1. The van der Waals surface area contributed by atoms with E-state index in [-0.39, 0.29) is 5.91 Å². The summed E-state index contributed by atoms with van der Waals surface area (Å²) < 4.78 is 0. The van der Waals surface area contributed by atoms with Crippen LogP contribution in [0.3, 0.4) is 0 Å². The van der Waals surface area contributed by atoms with Crippen LogP contribution >= 0.6 is 0 Å². The predicted molar refractivity (Wildman–Crippen MR) is 47.3 cm³/mol. The Kier molecular flexibility index (Phi) is 6.70. The predicted octanol–water partition coefficient (Wildman–Crippen LogP) is 0.572. The van der Waals surface area contributed by atoms with Gasteiger partial charge in [-0.15, -0.1) is 0 Å². The number of amides is 1. The van der Waals surface area contributed by atoms with Crippen LogP contribution in [0.4, 0.5) is 0 Å². The van der Waals surface area contributed by atoms with Crippen molar-refractivity contribution < 1.29 is 9.63 Å². The molecule has 0 rings (SSSR count). The molecule has 0 aromatic carbocycles. The van der Waals surface area contributed by atoms with Crippen LogP contribution in [0.5, 0.6) is 0 Å². The van der Waals surface area contributed by atoms with E-state index >= 15 is 0 Å². The van der Waals surface area contributed by atoms with E-state index in [4.69, 9.17) is 10.6 Å². The monoisotopic (exact) mass is 174 g/mol. The molecule has 0 fully saturated rings. The van der Waals surface area contributed by atoms with Crippen molar-refractivity contribution in [2.45, 2.75) is 39.2 Å². The van der Waals surface area contributed by atoms with Crippen molar-refractivity contribution in [1.82, 2.24) is 5.48 Å². The molecule has 1 amide bonds. The summed E-state index contributed by atoms with van der Waals surface area (Å²) >= 11 is 0. The molecule has 0 aromatic rings. The molecule has 4 heteroatoms. The Labute approximate surface area is 73.4 Å². The number of hydrogen-bond donors (Lipinski definition) is 2. The molecule has 0 saturated carbocycles. The summed E-state index contributed by atoms with van der Waals surface area (Å²) in [6, 6.07) is -0.434. The van der Waals surface area contributed by atoms with Gasteiger partial charge in [-0.1, -0.05) is 19.8 Å². The molecular weight excluding hydrogens is 156 g/mol. The highest BCUT2D eigenvalue weighted by Crippen LogP contribution is 1.97. The summed E-state index contributed by atoms with van der Waals surface area (Å²) in [4.78, 5) is 15.8. The average molecular weight is 174 g/mol. The van der Waals surface area contributed by atoms with Gasteiger partial charge in [-0.25, -0.2) is 5.48 Å². The van der Waals surface area contributed by atoms with E-state index in [1.165, 1.54) is 0 Å². The molecule has 0 aromatic heterocycles. The third kappa shape index (κ3) is 5.09. The molecular formula is C8H18N2O2. The largest absolute Gasteiger partial charge is 0.320 e. The summed E-state index contributed by atoms with van der Waals surface area (Å²) in [5.41, 5.74) is 7.83. The molecule has 0 aliphatic heterocycles. The lowest BCUT2D eigenvalue weighted by Crippen LogP contribution is -2.40. The summed E-state index contributed by atoms with van der Waals surface area (Å²) in [6.45, 7) is 4.33. The molecule has 0 heterocycles. The van der Waals surface area contributed by atoms with Crippen molar-refractivity contribution in [1.29, 1.82) is 0 Å². The number of nitrogens with two attached hydrogens (primary N) is 1. The zero-order chi connectivity index (χ0) is 9.40. The first-order valence-corrected chi connectivity index (χ1v) is 4.39. The molecule has 4 nitrogen and oxygen atoms in total. The van der Waals surface area contributed by atoms with E-state index in [0.717, 1.165) is 19.3 Å². The molecule has 12 heavy (non-hydrogen) atoms. The molecule has 72 valence electrons. The number of rotatable bonds is 6. The molecule has 0 aliphatic rings. The van der Waals surface area contributed by atoms with Gasteiger partial charge >= 0.3 is 0 Å². The van der Waals surface area contributed by atoms with E-state index in [2.05, 4.69) is 12.4 Å². The summed E-state index contributed by atoms with van der Waals surface area (Å²) in [7, 11) is 0. The number of unbranched alkanes of at least 4 members (excludes halogenated alkanes) is 1. The lowest BCUT2D eigenvalue weighted by Gasteiger charge is -2.10. The van der Waals surface area contributed by atoms with Crippen LogP contribution in [0.1, 0.15) is 33.1 Å². The second kappa shape index (κ2) is 7.06. The third-order valence-corrected chi connectivity index (χ3v) is 1.52. The normalized spacial score (nSPS) is 12.6. The van der Waals surface area contributed by atoms with Crippen LogP contribution < -0.4 is 11.2 Å². The van der Waals surface area contributed by atoms with E-state index in [1.807, 2.05) is 0 Å². The SMILES string of the molecule is CCCCC(N)C(=O)NOCC. The molecule has 1 atom stereocenters. The van der Waals surface area contributed by atoms with Gasteiger partial charge in [0.25, 0.3) is 5.91 Å². The highest BCUT2D eigenvalue weighted by atomic mass is 16.6. The van der Waals surface area contributed by atoms with Gasteiger partial charge in [0, 0.05) is 0 Å². The fraction of sp³-hybridized carbons (Fsp3) is 0.875. The van der Waals surface area contributed by atoms with Gasteiger partial charge in [0.15, 0.2) is 0 Å². The van der Waals surface area contributed by atoms with Gasteiger partial charge in [0.1, 0.15) is 0 Å². The number of carbonyl (C=O) groups is 1. The molecule has 0 aliphatic carbocycles. The van der Waals surface area contributed by atoms with Gasteiger partial charge in [-0.2, -0.15) is 0 Å². The maximum Gasteiger partial charge on any atom is 0.260 e. The highest BCUT2D eigenvalue weighted by molar-refractivity contribution is 5.80. The Morgan fingerprint density at radius 2 is 2.25 bits per heavy atom.